The molecule has 0 amide bonds. The van der Waals surface area contributed by atoms with Crippen LogP contribution in [0.15, 0.2) is 24.5 Å². The van der Waals surface area contributed by atoms with Crippen LogP contribution in [-0.2, 0) is 6.42 Å². The van der Waals surface area contributed by atoms with E-state index in [1.54, 1.807) is 12.1 Å². The predicted octanol–water partition coefficient (Wildman–Crippen LogP) is 2.05. The summed E-state index contributed by atoms with van der Waals surface area (Å²) in [6, 6.07) is 4.87. The average molecular weight is 277 g/mol. The standard InChI is InChI=1S/C14H20FN5/c1-9(2)20-14(17-8-18-20)7-13(19-16)11-6-10(3)4-5-12(11)15/h4-6,8-9,13,19H,7,16H2,1-3H3. The van der Waals surface area contributed by atoms with Crippen molar-refractivity contribution in [3.05, 3.63) is 47.3 Å². The number of nitrogens with one attached hydrogen (secondary N) is 1. The second-order valence-electron chi connectivity index (χ2n) is 5.16. The average Bonchev–Trinajstić information content (AvgIpc) is 2.87. The van der Waals surface area contributed by atoms with Gasteiger partial charge in [-0.1, -0.05) is 17.7 Å². The Morgan fingerprint density at radius 2 is 2.15 bits per heavy atom. The topological polar surface area (TPSA) is 68.8 Å². The van der Waals surface area contributed by atoms with E-state index in [0.717, 1.165) is 11.4 Å². The van der Waals surface area contributed by atoms with E-state index in [9.17, 15) is 4.39 Å². The molecule has 3 N–H and O–H groups in total. The molecule has 6 heteroatoms. The maximum Gasteiger partial charge on any atom is 0.138 e. The number of aryl methyl sites for hydroxylation is 1. The number of halogens is 1. The first-order valence-corrected chi connectivity index (χ1v) is 6.63. The maximum absolute atomic E-state index is 14.0. The number of nitrogens with two attached hydrogens (primary N) is 1. The molecule has 0 bridgehead atoms. The molecule has 1 aromatic carbocycles. The monoisotopic (exact) mass is 277 g/mol. The van der Waals surface area contributed by atoms with Crippen LogP contribution in [0.4, 0.5) is 4.39 Å². The summed E-state index contributed by atoms with van der Waals surface area (Å²) in [6.07, 6.45) is 1.99. The van der Waals surface area contributed by atoms with Crippen molar-refractivity contribution in [3.63, 3.8) is 0 Å². The van der Waals surface area contributed by atoms with Crippen molar-refractivity contribution < 1.29 is 4.39 Å². The molecule has 1 aromatic heterocycles. The summed E-state index contributed by atoms with van der Waals surface area (Å²) in [5, 5.41) is 4.18. The molecule has 5 nitrogen and oxygen atoms in total. The van der Waals surface area contributed by atoms with E-state index >= 15 is 0 Å². The number of rotatable bonds is 5. The first-order chi connectivity index (χ1) is 9.52. The molecule has 0 spiro atoms. The van der Waals surface area contributed by atoms with Crippen molar-refractivity contribution in [1.82, 2.24) is 20.2 Å². The minimum atomic E-state index is -0.336. The quantitative estimate of drug-likeness (QED) is 0.648. The van der Waals surface area contributed by atoms with Gasteiger partial charge in [0.05, 0.1) is 6.04 Å². The Balaban J connectivity index is 2.29. The van der Waals surface area contributed by atoms with Crippen molar-refractivity contribution in [2.75, 3.05) is 0 Å². The van der Waals surface area contributed by atoms with E-state index in [2.05, 4.69) is 15.5 Å². The molecule has 108 valence electrons. The molecule has 0 aliphatic rings. The van der Waals surface area contributed by atoms with Crippen LogP contribution in [0.1, 0.15) is 42.9 Å². The molecule has 0 aliphatic heterocycles. The fourth-order valence-corrected chi connectivity index (χ4v) is 2.22. The van der Waals surface area contributed by atoms with Gasteiger partial charge >= 0.3 is 0 Å². The van der Waals surface area contributed by atoms with Gasteiger partial charge in [-0.15, -0.1) is 0 Å². The molecular formula is C14H20FN5. The molecule has 0 radical (unpaired) electrons. The molecule has 1 heterocycles. The maximum atomic E-state index is 14.0. The van der Waals surface area contributed by atoms with Crippen LogP contribution in [0.3, 0.4) is 0 Å². The van der Waals surface area contributed by atoms with E-state index in [4.69, 9.17) is 5.84 Å². The van der Waals surface area contributed by atoms with Crippen LogP contribution < -0.4 is 11.3 Å². The highest BCUT2D eigenvalue weighted by Crippen LogP contribution is 2.22. The van der Waals surface area contributed by atoms with E-state index < -0.39 is 0 Å². The van der Waals surface area contributed by atoms with E-state index in [1.807, 2.05) is 25.5 Å². The number of hydrazine groups is 1. The molecule has 2 rings (SSSR count). The van der Waals surface area contributed by atoms with Crippen molar-refractivity contribution in [1.29, 1.82) is 0 Å². The van der Waals surface area contributed by atoms with Gasteiger partial charge in [0.15, 0.2) is 0 Å². The van der Waals surface area contributed by atoms with Crippen LogP contribution in [0, 0.1) is 12.7 Å². The summed E-state index contributed by atoms with van der Waals surface area (Å²) >= 11 is 0. The zero-order valence-electron chi connectivity index (χ0n) is 12.0. The molecule has 0 fully saturated rings. The fourth-order valence-electron chi connectivity index (χ4n) is 2.22. The Morgan fingerprint density at radius 3 is 2.80 bits per heavy atom. The van der Waals surface area contributed by atoms with Gasteiger partial charge in [-0.05, 0) is 26.8 Å². The second-order valence-corrected chi connectivity index (χ2v) is 5.16. The number of hydrogen-bond acceptors (Lipinski definition) is 4. The third-order valence-corrected chi connectivity index (χ3v) is 3.25. The second kappa shape index (κ2) is 6.11. The van der Waals surface area contributed by atoms with Gasteiger partial charge in [0.1, 0.15) is 18.0 Å². The molecule has 0 saturated carbocycles. The lowest BCUT2D eigenvalue weighted by atomic mass is 10.0. The van der Waals surface area contributed by atoms with Crippen LogP contribution in [-0.4, -0.2) is 14.8 Å². The summed E-state index contributed by atoms with van der Waals surface area (Å²) in [5.74, 6) is 6.10. The summed E-state index contributed by atoms with van der Waals surface area (Å²) in [7, 11) is 0. The molecular weight excluding hydrogens is 257 g/mol. The Bertz CT molecular complexity index is 579. The van der Waals surface area contributed by atoms with Crippen molar-refractivity contribution in [3.8, 4) is 0 Å². The number of benzene rings is 1. The predicted molar refractivity (Wildman–Crippen MR) is 75.3 cm³/mol. The highest BCUT2D eigenvalue weighted by molar-refractivity contribution is 5.27. The summed E-state index contributed by atoms with van der Waals surface area (Å²) in [5.41, 5.74) is 4.21. The van der Waals surface area contributed by atoms with Gasteiger partial charge in [-0.25, -0.2) is 14.1 Å². The minimum absolute atomic E-state index is 0.202. The van der Waals surface area contributed by atoms with Crippen molar-refractivity contribution in [2.24, 2.45) is 5.84 Å². The summed E-state index contributed by atoms with van der Waals surface area (Å²) < 4.78 is 15.8. The van der Waals surface area contributed by atoms with Gasteiger partial charge in [-0.3, -0.25) is 11.3 Å². The normalized spacial score (nSPS) is 12.9. The first-order valence-electron chi connectivity index (χ1n) is 6.63. The number of aromatic nitrogens is 3. The van der Waals surface area contributed by atoms with Crippen LogP contribution >= 0.6 is 0 Å². The van der Waals surface area contributed by atoms with E-state index in [0.29, 0.717) is 12.0 Å². The molecule has 2 aromatic rings. The fraction of sp³-hybridized carbons (Fsp3) is 0.429. The zero-order valence-corrected chi connectivity index (χ0v) is 12.0. The molecule has 0 saturated heterocycles. The largest absolute Gasteiger partial charge is 0.271 e. The molecule has 20 heavy (non-hydrogen) atoms. The lowest BCUT2D eigenvalue weighted by Gasteiger charge is -2.18. The molecule has 1 atom stereocenters. The highest BCUT2D eigenvalue weighted by Gasteiger charge is 2.19. The lowest BCUT2D eigenvalue weighted by molar-refractivity contribution is 0.457. The van der Waals surface area contributed by atoms with Crippen LogP contribution in [0.5, 0.6) is 0 Å². The van der Waals surface area contributed by atoms with Crippen LogP contribution in [0.2, 0.25) is 0 Å². The SMILES string of the molecule is Cc1ccc(F)c(C(Cc2ncnn2C(C)C)NN)c1. The zero-order chi connectivity index (χ0) is 14.7. The third-order valence-electron chi connectivity index (χ3n) is 3.25. The Morgan fingerprint density at radius 1 is 1.40 bits per heavy atom. The van der Waals surface area contributed by atoms with E-state index in [-0.39, 0.29) is 17.9 Å². The highest BCUT2D eigenvalue weighted by atomic mass is 19.1. The van der Waals surface area contributed by atoms with Gasteiger partial charge in [0.25, 0.3) is 0 Å². The number of nitrogens with zero attached hydrogens (tertiary/aromatic N) is 3. The molecule has 1 unspecified atom stereocenters. The van der Waals surface area contributed by atoms with Crippen LogP contribution in [0.25, 0.3) is 0 Å². The van der Waals surface area contributed by atoms with Gasteiger partial charge < -0.3 is 0 Å². The lowest BCUT2D eigenvalue weighted by Crippen LogP contribution is -2.31. The Hall–Kier alpha value is -1.79. The summed E-state index contributed by atoms with van der Waals surface area (Å²) in [6.45, 7) is 5.97. The summed E-state index contributed by atoms with van der Waals surface area (Å²) in [4.78, 5) is 4.24. The van der Waals surface area contributed by atoms with Crippen molar-refractivity contribution in [2.45, 2.75) is 39.3 Å². The van der Waals surface area contributed by atoms with Gasteiger partial charge in [0.2, 0.25) is 0 Å². The Kier molecular flexibility index (Phi) is 4.46. The smallest absolute Gasteiger partial charge is 0.138 e. The third kappa shape index (κ3) is 3.02. The number of hydrogen-bond donors (Lipinski definition) is 2. The van der Waals surface area contributed by atoms with Gasteiger partial charge in [0, 0.05) is 18.0 Å². The first kappa shape index (κ1) is 14.6. The van der Waals surface area contributed by atoms with Crippen molar-refractivity contribution >= 4 is 0 Å². The van der Waals surface area contributed by atoms with Gasteiger partial charge in [-0.2, -0.15) is 5.10 Å². The molecule has 0 aliphatic carbocycles. The Labute approximate surface area is 118 Å². The minimum Gasteiger partial charge on any atom is -0.271 e. The van der Waals surface area contributed by atoms with E-state index in [1.165, 1.54) is 12.4 Å².